The van der Waals surface area contributed by atoms with Crippen molar-refractivity contribution < 1.29 is 17.6 Å². The fraction of sp³-hybridized carbons (Fsp3) is 1.00. The Kier molecular flexibility index (Phi) is 5.52. The van der Waals surface area contributed by atoms with Crippen molar-refractivity contribution >= 4 is 0 Å². The molecule has 5 heteroatoms. The summed E-state index contributed by atoms with van der Waals surface area (Å²) in [6.07, 6.45) is 3.21. The molecular formula is C11H19F4N. The SMILES string of the molecule is FC(F)C(F)(F)CNCCC1CCCCC1. The maximum absolute atomic E-state index is 12.5. The summed E-state index contributed by atoms with van der Waals surface area (Å²) in [6, 6.07) is 0. The summed E-state index contributed by atoms with van der Waals surface area (Å²) in [4.78, 5) is 0. The molecule has 0 aromatic carbocycles. The Bertz CT molecular complexity index is 190. The van der Waals surface area contributed by atoms with E-state index in [1.807, 2.05) is 0 Å². The molecular weight excluding hydrogens is 222 g/mol. The number of halogens is 4. The zero-order chi connectivity index (χ0) is 12.0. The van der Waals surface area contributed by atoms with Crippen LogP contribution in [0, 0.1) is 5.92 Å². The second-order valence-electron chi connectivity index (χ2n) is 4.53. The first kappa shape index (κ1) is 13.7. The number of nitrogens with one attached hydrogen (secondary N) is 1. The van der Waals surface area contributed by atoms with Gasteiger partial charge in [0.2, 0.25) is 0 Å². The van der Waals surface area contributed by atoms with Crippen LogP contribution in [0.4, 0.5) is 17.6 Å². The number of rotatable bonds is 6. The van der Waals surface area contributed by atoms with Gasteiger partial charge in [-0.2, -0.15) is 8.78 Å². The summed E-state index contributed by atoms with van der Waals surface area (Å²) >= 11 is 0. The van der Waals surface area contributed by atoms with E-state index in [1.54, 1.807) is 0 Å². The van der Waals surface area contributed by atoms with Crippen LogP contribution in [0.3, 0.4) is 0 Å². The molecule has 96 valence electrons. The highest BCUT2D eigenvalue weighted by molar-refractivity contribution is 4.73. The Morgan fingerprint density at radius 1 is 1.12 bits per heavy atom. The van der Waals surface area contributed by atoms with Crippen molar-refractivity contribution in [3.05, 3.63) is 0 Å². The van der Waals surface area contributed by atoms with Crippen molar-refractivity contribution in [3.63, 3.8) is 0 Å². The van der Waals surface area contributed by atoms with Gasteiger partial charge in [0.05, 0.1) is 6.54 Å². The molecule has 0 unspecified atom stereocenters. The van der Waals surface area contributed by atoms with Gasteiger partial charge in [-0.05, 0) is 18.9 Å². The van der Waals surface area contributed by atoms with E-state index in [-0.39, 0.29) is 0 Å². The van der Waals surface area contributed by atoms with E-state index in [1.165, 1.54) is 19.3 Å². The van der Waals surface area contributed by atoms with Gasteiger partial charge in [-0.15, -0.1) is 0 Å². The van der Waals surface area contributed by atoms with E-state index in [4.69, 9.17) is 0 Å². The smallest absolute Gasteiger partial charge is 0.311 e. The maximum atomic E-state index is 12.5. The zero-order valence-corrected chi connectivity index (χ0v) is 9.32. The molecule has 1 aliphatic rings. The van der Waals surface area contributed by atoms with E-state index < -0.39 is 18.9 Å². The Morgan fingerprint density at radius 3 is 2.31 bits per heavy atom. The first-order chi connectivity index (χ1) is 7.52. The van der Waals surface area contributed by atoms with E-state index >= 15 is 0 Å². The lowest BCUT2D eigenvalue weighted by molar-refractivity contribution is -0.125. The van der Waals surface area contributed by atoms with Gasteiger partial charge in [-0.1, -0.05) is 32.1 Å². The molecule has 0 bridgehead atoms. The van der Waals surface area contributed by atoms with Crippen molar-refractivity contribution in [1.82, 2.24) is 5.32 Å². The van der Waals surface area contributed by atoms with Crippen LogP contribution in [0.25, 0.3) is 0 Å². The van der Waals surface area contributed by atoms with Crippen molar-refractivity contribution in [2.24, 2.45) is 5.92 Å². The quantitative estimate of drug-likeness (QED) is 0.555. The lowest BCUT2D eigenvalue weighted by Crippen LogP contribution is -2.39. The topological polar surface area (TPSA) is 12.0 Å². The third-order valence-electron chi connectivity index (χ3n) is 3.13. The molecule has 0 amide bonds. The van der Waals surface area contributed by atoms with Crippen LogP contribution >= 0.6 is 0 Å². The molecule has 1 nitrogen and oxygen atoms in total. The Morgan fingerprint density at radius 2 is 1.75 bits per heavy atom. The largest absolute Gasteiger partial charge is 0.319 e. The lowest BCUT2D eigenvalue weighted by atomic mass is 9.87. The molecule has 0 saturated heterocycles. The molecule has 1 rings (SSSR count). The molecule has 0 aromatic heterocycles. The molecule has 1 N–H and O–H groups in total. The maximum Gasteiger partial charge on any atom is 0.319 e. The highest BCUT2D eigenvalue weighted by Gasteiger charge is 2.39. The highest BCUT2D eigenvalue weighted by atomic mass is 19.3. The predicted octanol–water partition coefficient (Wildman–Crippen LogP) is 3.45. The van der Waals surface area contributed by atoms with E-state index in [9.17, 15) is 17.6 Å². The van der Waals surface area contributed by atoms with Crippen LogP contribution in [-0.2, 0) is 0 Å². The van der Waals surface area contributed by atoms with Crippen LogP contribution < -0.4 is 5.32 Å². The van der Waals surface area contributed by atoms with Crippen LogP contribution in [-0.4, -0.2) is 25.4 Å². The van der Waals surface area contributed by atoms with E-state index in [0.717, 1.165) is 19.3 Å². The molecule has 0 heterocycles. The molecule has 1 fully saturated rings. The van der Waals surface area contributed by atoms with Crippen molar-refractivity contribution in [3.8, 4) is 0 Å². The standard InChI is InChI=1S/C11H19F4N/c12-10(13)11(14,15)8-16-7-6-9-4-2-1-3-5-9/h9-10,16H,1-8H2. The average molecular weight is 241 g/mol. The van der Waals surface area contributed by atoms with Crippen LogP contribution in [0.15, 0.2) is 0 Å². The molecule has 1 aliphatic carbocycles. The fourth-order valence-electron chi connectivity index (χ4n) is 2.11. The summed E-state index contributed by atoms with van der Waals surface area (Å²) < 4.78 is 48.6. The Balaban J connectivity index is 2.06. The van der Waals surface area contributed by atoms with Crippen molar-refractivity contribution in [1.29, 1.82) is 0 Å². The van der Waals surface area contributed by atoms with Gasteiger partial charge in [0.25, 0.3) is 0 Å². The fourth-order valence-corrected chi connectivity index (χ4v) is 2.11. The third kappa shape index (κ3) is 4.68. The minimum atomic E-state index is -3.90. The van der Waals surface area contributed by atoms with Gasteiger partial charge < -0.3 is 5.32 Å². The molecule has 1 saturated carbocycles. The summed E-state index contributed by atoms with van der Waals surface area (Å²) in [5.41, 5.74) is 0. The average Bonchev–Trinajstić information content (AvgIpc) is 2.26. The molecule has 0 aliphatic heterocycles. The van der Waals surface area contributed by atoms with Gasteiger partial charge >= 0.3 is 12.3 Å². The monoisotopic (exact) mass is 241 g/mol. The normalized spacial score (nSPS) is 19.3. The van der Waals surface area contributed by atoms with Gasteiger partial charge in [-0.3, -0.25) is 0 Å². The minimum Gasteiger partial charge on any atom is -0.311 e. The van der Waals surface area contributed by atoms with E-state index in [2.05, 4.69) is 5.32 Å². The number of hydrogen-bond donors (Lipinski definition) is 1. The van der Waals surface area contributed by atoms with Crippen molar-refractivity contribution in [2.45, 2.75) is 50.9 Å². The van der Waals surface area contributed by atoms with Gasteiger partial charge in [0.15, 0.2) is 0 Å². The third-order valence-corrected chi connectivity index (χ3v) is 3.13. The van der Waals surface area contributed by atoms with E-state index in [0.29, 0.717) is 12.5 Å². The Labute approximate surface area is 93.6 Å². The summed E-state index contributed by atoms with van der Waals surface area (Å²) in [5, 5.41) is 2.42. The molecule has 0 spiro atoms. The molecule has 0 radical (unpaired) electrons. The number of hydrogen-bond acceptors (Lipinski definition) is 1. The highest BCUT2D eigenvalue weighted by Crippen LogP contribution is 2.26. The summed E-state index contributed by atoms with van der Waals surface area (Å²) in [7, 11) is 0. The predicted molar refractivity (Wildman–Crippen MR) is 55.0 cm³/mol. The lowest BCUT2D eigenvalue weighted by Gasteiger charge is -2.22. The molecule has 16 heavy (non-hydrogen) atoms. The van der Waals surface area contributed by atoms with Gasteiger partial charge in [0, 0.05) is 0 Å². The first-order valence-corrected chi connectivity index (χ1v) is 5.89. The summed E-state index contributed by atoms with van der Waals surface area (Å²) in [5.74, 6) is -3.31. The minimum absolute atomic E-state index is 0.410. The molecule has 0 aromatic rings. The van der Waals surface area contributed by atoms with Gasteiger partial charge in [-0.25, -0.2) is 8.78 Å². The second-order valence-corrected chi connectivity index (χ2v) is 4.53. The first-order valence-electron chi connectivity index (χ1n) is 5.89. The van der Waals surface area contributed by atoms with Crippen LogP contribution in [0.5, 0.6) is 0 Å². The second kappa shape index (κ2) is 6.42. The Hall–Kier alpha value is -0.320. The van der Waals surface area contributed by atoms with Crippen LogP contribution in [0.1, 0.15) is 38.5 Å². The zero-order valence-electron chi connectivity index (χ0n) is 9.32. The van der Waals surface area contributed by atoms with Crippen LogP contribution in [0.2, 0.25) is 0 Å². The van der Waals surface area contributed by atoms with Gasteiger partial charge in [0.1, 0.15) is 0 Å². The molecule has 0 atom stereocenters. The van der Waals surface area contributed by atoms with Crippen molar-refractivity contribution in [2.75, 3.05) is 13.1 Å². The number of alkyl halides is 4. The summed E-state index contributed by atoms with van der Waals surface area (Å²) in [6.45, 7) is -0.510.